The normalized spacial score (nSPS) is 12.1. The van der Waals surface area contributed by atoms with Crippen molar-refractivity contribution in [2.45, 2.75) is 18.9 Å². The highest BCUT2D eigenvalue weighted by molar-refractivity contribution is 5.19. The van der Waals surface area contributed by atoms with Crippen LogP contribution in [-0.2, 0) is 0 Å². The number of aliphatic hydroxyl groups excluding tert-OH is 1. The predicted octanol–water partition coefficient (Wildman–Crippen LogP) is 2.16. The van der Waals surface area contributed by atoms with Crippen molar-refractivity contribution in [2.75, 3.05) is 0 Å². The summed E-state index contributed by atoms with van der Waals surface area (Å²) in [6, 6.07) is 7.95. The van der Waals surface area contributed by atoms with E-state index in [0.717, 1.165) is 0 Å². The molecule has 1 aromatic carbocycles. The molecular weight excluding hydrogens is 169 g/mol. The minimum atomic E-state index is -0.874. The lowest BCUT2D eigenvalue weighted by Crippen LogP contribution is -1.99. The third kappa shape index (κ3) is 2.53. The second-order valence-corrected chi connectivity index (χ2v) is 2.73. The number of nitriles is 1. The zero-order chi connectivity index (χ0) is 9.68. The van der Waals surface area contributed by atoms with E-state index in [9.17, 15) is 9.50 Å². The molecule has 0 heterocycles. The van der Waals surface area contributed by atoms with Crippen molar-refractivity contribution < 1.29 is 9.50 Å². The van der Waals surface area contributed by atoms with Crippen LogP contribution in [-0.4, -0.2) is 5.11 Å². The van der Waals surface area contributed by atoms with Gasteiger partial charge in [0.2, 0.25) is 0 Å². The minimum absolute atomic E-state index is 0.232. The summed E-state index contributed by atoms with van der Waals surface area (Å²) in [5, 5.41) is 17.7. The maximum absolute atomic E-state index is 13.0. The number of hydrogen-bond acceptors (Lipinski definition) is 2. The highest BCUT2D eigenvalue weighted by atomic mass is 19.1. The summed E-state index contributed by atoms with van der Waals surface area (Å²) in [5.41, 5.74) is 0.262. The molecule has 0 radical (unpaired) electrons. The van der Waals surface area contributed by atoms with Crippen LogP contribution in [0.2, 0.25) is 0 Å². The van der Waals surface area contributed by atoms with Gasteiger partial charge in [0.15, 0.2) is 0 Å². The Hall–Kier alpha value is -1.40. The van der Waals surface area contributed by atoms with Crippen molar-refractivity contribution >= 4 is 0 Å². The van der Waals surface area contributed by atoms with E-state index in [1.807, 2.05) is 6.07 Å². The van der Waals surface area contributed by atoms with Gasteiger partial charge in [-0.05, 0) is 12.5 Å². The van der Waals surface area contributed by atoms with Crippen LogP contribution in [0.5, 0.6) is 0 Å². The molecule has 3 heteroatoms. The van der Waals surface area contributed by atoms with Crippen molar-refractivity contribution in [1.82, 2.24) is 0 Å². The lowest BCUT2D eigenvalue weighted by atomic mass is 10.1. The van der Waals surface area contributed by atoms with E-state index < -0.39 is 11.9 Å². The Kier molecular flexibility index (Phi) is 3.41. The van der Waals surface area contributed by atoms with Gasteiger partial charge in [-0.25, -0.2) is 4.39 Å². The van der Waals surface area contributed by atoms with E-state index in [-0.39, 0.29) is 18.4 Å². The van der Waals surface area contributed by atoms with Crippen molar-refractivity contribution in [3.05, 3.63) is 35.6 Å². The smallest absolute Gasteiger partial charge is 0.128 e. The molecule has 0 bridgehead atoms. The van der Waals surface area contributed by atoms with E-state index in [1.165, 1.54) is 12.1 Å². The Balaban J connectivity index is 2.72. The van der Waals surface area contributed by atoms with Crippen LogP contribution < -0.4 is 0 Å². The fraction of sp³-hybridized carbons (Fsp3) is 0.300. The predicted molar refractivity (Wildman–Crippen MR) is 46.2 cm³/mol. The molecule has 2 nitrogen and oxygen atoms in total. The topological polar surface area (TPSA) is 44.0 Å². The lowest BCUT2D eigenvalue weighted by Gasteiger charge is -2.08. The van der Waals surface area contributed by atoms with Crippen LogP contribution in [0.25, 0.3) is 0 Å². The van der Waals surface area contributed by atoms with Gasteiger partial charge in [-0.2, -0.15) is 5.26 Å². The molecule has 1 aromatic rings. The maximum atomic E-state index is 13.0. The summed E-state index contributed by atoms with van der Waals surface area (Å²) < 4.78 is 13.0. The third-order valence-electron chi connectivity index (χ3n) is 1.79. The molecule has 0 amide bonds. The lowest BCUT2D eigenvalue weighted by molar-refractivity contribution is 0.164. The Labute approximate surface area is 76.2 Å². The van der Waals surface area contributed by atoms with Crippen molar-refractivity contribution in [1.29, 1.82) is 5.26 Å². The molecule has 0 aliphatic carbocycles. The monoisotopic (exact) mass is 179 g/mol. The van der Waals surface area contributed by atoms with Crippen molar-refractivity contribution in [3.63, 3.8) is 0 Å². The number of halogens is 1. The van der Waals surface area contributed by atoms with Gasteiger partial charge >= 0.3 is 0 Å². The molecule has 0 saturated heterocycles. The first kappa shape index (κ1) is 9.69. The Bertz CT molecular complexity index is 319. The van der Waals surface area contributed by atoms with Gasteiger partial charge in [0.25, 0.3) is 0 Å². The minimum Gasteiger partial charge on any atom is -0.388 e. The summed E-state index contributed by atoms with van der Waals surface area (Å²) >= 11 is 0. The number of aliphatic hydroxyl groups is 1. The molecule has 1 N–H and O–H groups in total. The van der Waals surface area contributed by atoms with Gasteiger partial charge < -0.3 is 5.11 Å². The number of rotatable bonds is 3. The number of hydrogen-bond donors (Lipinski definition) is 1. The standard InChI is InChI=1S/C10H10FNO/c11-9-5-2-1-4-8(9)10(13)6-3-7-12/h1-2,4-5,10,13H,3,6H2. The fourth-order valence-corrected chi connectivity index (χ4v) is 1.10. The molecule has 0 aliphatic heterocycles. The van der Waals surface area contributed by atoms with Gasteiger partial charge in [-0.3, -0.25) is 0 Å². The van der Waals surface area contributed by atoms with Crippen molar-refractivity contribution in [2.24, 2.45) is 0 Å². The van der Waals surface area contributed by atoms with Gasteiger partial charge in [-0.1, -0.05) is 18.2 Å². The van der Waals surface area contributed by atoms with Crippen LogP contribution in [0.1, 0.15) is 24.5 Å². The number of benzene rings is 1. The van der Waals surface area contributed by atoms with Crippen molar-refractivity contribution in [3.8, 4) is 6.07 Å². The quantitative estimate of drug-likeness (QED) is 0.772. The molecule has 0 saturated carbocycles. The van der Waals surface area contributed by atoms with Crippen LogP contribution in [0.3, 0.4) is 0 Å². The second-order valence-electron chi connectivity index (χ2n) is 2.73. The first-order valence-corrected chi connectivity index (χ1v) is 4.05. The summed E-state index contributed by atoms with van der Waals surface area (Å²) in [6.45, 7) is 0. The van der Waals surface area contributed by atoms with E-state index >= 15 is 0 Å². The highest BCUT2D eigenvalue weighted by Crippen LogP contribution is 2.20. The zero-order valence-corrected chi connectivity index (χ0v) is 7.07. The summed E-state index contributed by atoms with van der Waals surface area (Å²) in [6.07, 6.45) is -0.367. The average Bonchev–Trinajstić information content (AvgIpc) is 2.15. The average molecular weight is 179 g/mol. The first-order chi connectivity index (χ1) is 6.25. The third-order valence-corrected chi connectivity index (χ3v) is 1.79. The van der Waals surface area contributed by atoms with Crippen LogP contribution in [0.4, 0.5) is 4.39 Å². The molecule has 68 valence electrons. The van der Waals surface area contributed by atoms with Crippen LogP contribution in [0, 0.1) is 17.1 Å². The van der Waals surface area contributed by atoms with Gasteiger partial charge in [0.05, 0.1) is 12.2 Å². The van der Waals surface area contributed by atoms with Gasteiger partial charge in [0, 0.05) is 12.0 Å². The van der Waals surface area contributed by atoms with Gasteiger partial charge in [0.1, 0.15) is 5.82 Å². The van der Waals surface area contributed by atoms with E-state index in [2.05, 4.69) is 0 Å². The molecule has 0 aliphatic rings. The van der Waals surface area contributed by atoms with E-state index in [4.69, 9.17) is 5.26 Å². The molecule has 1 rings (SSSR count). The van der Waals surface area contributed by atoms with Gasteiger partial charge in [-0.15, -0.1) is 0 Å². The molecule has 1 unspecified atom stereocenters. The Morgan fingerprint density at radius 3 is 2.77 bits per heavy atom. The second kappa shape index (κ2) is 4.58. The number of nitrogens with zero attached hydrogens (tertiary/aromatic N) is 1. The summed E-state index contributed by atoms with van der Waals surface area (Å²) in [5.74, 6) is -0.423. The Morgan fingerprint density at radius 1 is 1.46 bits per heavy atom. The Morgan fingerprint density at radius 2 is 2.15 bits per heavy atom. The summed E-state index contributed by atoms with van der Waals surface area (Å²) in [4.78, 5) is 0. The highest BCUT2D eigenvalue weighted by Gasteiger charge is 2.10. The maximum Gasteiger partial charge on any atom is 0.128 e. The molecule has 0 fully saturated rings. The molecule has 0 spiro atoms. The fourth-order valence-electron chi connectivity index (χ4n) is 1.10. The largest absolute Gasteiger partial charge is 0.388 e. The first-order valence-electron chi connectivity index (χ1n) is 4.05. The van der Waals surface area contributed by atoms with E-state index in [1.54, 1.807) is 12.1 Å². The summed E-state index contributed by atoms with van der Waals surface area (Å²) in [7, 11) is 0. The van der Waals surface area contributed by atoms with E-state index in [0.29, 0.717) is 0 Å². The molecule has 0 aromatic heterocycles. The van der Waals surface area contributed by atoms with Crippen LogP contribution in [0.15, 0.2) is 24.3 Å². The zero-order valence-electron chi connectivity index (χ0n) is 7.07. The molecular formula is C10H10FNO. The molecule has 13 heavy (non-hydrogen) atoms. The van der Waals surface area contributed by atoms with Crippen LogP contribution >= 0.6 is 0 Å². The SMILES string of the molecule is N#CCCC(O)c1ccccc1F. The molecule has 1 atom stereocenters.